The van der Waals surface area contributed by atoms with Crippen molar-refractivity contribution in [3.8, 4) is 5.75 Å². The maximum atomic E-state index is 12.9. The minimum absolute atomic E-state index is 0.158. The number of benzene rings is 2. The fraction of sp³-hybridized carbons (Fsp3) is 0.381. The second-order valence-electron chi connectivity index (χ2n) is 7.08. The molecule has 0 radical (unpaired) electrons. The number of carbonyl (C=O) groups excluding carboxylic acids is 1. The Morgan fingerprint density at radius 2 is 1.71 bits per heavy atom. The molecule has 1 saturated heterocycles. The van der Waals surface area contributed by atoms with Gasteiger partial charge in [0.15, 0.2) is 0 Å². The Morgan fingerprint density at radius 3 is 2.36 bits per heavy atom. The topological polar surface area (TPSA) is 75.7 Å². The van der Waals surface area contributed by atoms with Gasteiger partial charge in [0.1, 0.15) is 5.75 Å². The van der Waals surface area contributed by atoms with Gasteiger partial charge in [-0.05, 0) is 68.1 Å². The van der Waals surface area contributed by atoms with Gasteiger partial charge in [-0.25, -0.2) is 8.42 Å². The summed E-state index contributed by atoms with van der Waals surface area (Å²) in [5.41, 5.74) is 2.96. The van der Waals surface area contributed by atoms with Crippen LogP contribution in [0.15, 0.2) is 41.3 Å². The van der Waals surface area contributed by atoms with Gasteiger partial charge in [-0.3, -0.25) is 4.79 Å². The number of methoxy groups -OCH3 is 1. The summed E-state index contributed by atoms with van der Waals surface area (Å²) in [5, 5.41) is 2.79. The standard InChI is InChI=1S/C21H26N2O4S/c1-15-7-8-17(13-16(15)2)21(24)22-19-14-18(9-10-20(19)27-3)28(25,26)23-11-5-4-6-12-23/h7-10,13-14H,4-6,11-12H2,1-3H3,(H,22,24). The fourth-order valence-electron chi connectivity index (χ4n) is 3.28. The summed E-state index contributed by atoms with van der Waals surface area (Å²) in [4.78, 5) is 12.8. The first-order chi connectivity index (χ1) is 13.3. The first-order valence-electron chi connectivity index (χ1n) is 9.40. The van der Waals surface area contributed by atoms with Crippen molar-refractivity contribution in [2.24, 2.45) is 0 Å². The Bertz CT molecular complexity index is 980. The highest BCUT2D eigenvalue weighted by Gasteiger charge is 2.27. The zero-order valence-electron chi connectivity index (χ0n) is 16.5. The van der Waals surface area contributed by atoms with Gasteiger partial charge in [0.25, 0.3) is 5.91 Å². The summed E-state index contributed by atoms with van der Waals surface area (Å²) in [6.45, 7) is 4.98. The van der Waals surface area contributed by atoms with E-state index < -0.39 is 10.0 Å². The molecule has 1 heterocycles. The molecular formula is C21H26N2O4S. The molecule has 6 nitrogen and oxygen atoms in total. The maximum Gasteiger partial charge on any atom is 0.255 e. The lowest BCUT2D eigenvalue weighted by molar-refractivity contribution is 0.102. The van der Waals surface area contributed by atoms with Crippen molar-refractivity contribution >= 4 is 21.6 Å². The third-order valence-electron chi connectivity index (χ3n) is 5.14. The molecule has 2 aromatic rings. The van der Waals surface area contributed by atoms with Crippen LogP contribution in [0.2, 0.25) is 0 Å². The van der Waals surface area contributed by atoms with Gasteiger partial charge < -0.3 is 10.1 Å². The van der Waals surface area contributed by atoms with E-state index >= 15 is 0 Å². The lowest BCUT2D eigenvalue weighted by Gasteiger charge is -2.26. The largest absolute Gasteiger partial charge is 0.495 e. The van der Waals surface area contributed by atoms with Crippen molar-refractivity contribution in [2.45, 2.75) is 38.0 Å². The minimum Gasteiger partial charge on any atom is -0.495 e. The molecule has 2 aromatic carbocycles. The van der Waals surface area contributed by atoms with Crippen LogP contribution in [0.4, 0.5) is 5.69 Å². The molecule has 0 spiro atoms. The number of amides is 1. The second-order valence-corrected chi connectivity index (χ2v) is 9.02. The zero-order chi connectivity index (χ0) is 20.3. The van der Waals surface area contributed by atoms with Crippen LogP contribution < -0.4 is 10.1 Å². The van der Waals surface area contributed by atoms with E-state index in [4.69, 9.17) is 4.74 Å². The van der Waals surface area contributed by atoms with E-state index in [1.54, 1.807) is 12.1 Å². The number of nitrogens with zero attached hydrogens (tertiary/aromatic N) is 1. The van der Waals surface area contributed by atoms with Gasteiger partial charge in [0.05, 0.1) is 17.7 Å². The SMILES string of the molecule is COc1ccc(S(=O)(=O)N2CCCCC2)cc1NC(=O)c1ccc(C)c(C)c1. The van der Waals surface area contributed by atoms with Gasteiger partial charge >= 0.3 is 0 Å². The van der Waals surface area contributed by atoms with Crippen LogP contribution in [0.1, 0.15) is 40.7 Å². The summed E-state index contributed by atoms with van der Waals surface area (Å²) >= 11 is 0. The van der Waals surface area contributed by atoms with E-state index in [0.29, 0.717) is 30.1 Å². The smallest absolute Gasteiger partial charge is 0.255 e. The molecule has 0 aliphatic carbocycles. The summed E-state index contributed by atoms with van der Waals surface area (Å²) < 4.78 is 32.7. The van der Waals surface area contributed by atoms with Crippen LogP contribution in [0, 0.1) is 13.8 Å². The lowest BCUT2D eigenvalue weighted by Crippen LogP contribution is -2.35. The number of nitrogens with one attached hydrogen (secondary N) is 1. The van der Waals surface area contributed by atoms with Crippen LogP contribution in [0.3, 0.4) is 0 Å². The molecule has 7 heteroatoms. The normalized spacial score (nSPS) is 15.2. The number of hydrogen-bond donors (Lipinski definition) is 1. The highest BCUT2D eigenvalue weighted by Crippen LogP contribution is 2.30. The molecule has 0 unspecified atom stereocenters. The quantitative estimate of drug-likeness (QED) is 0.827. The summed E-state index contributed by atoms with van der Waals surface area (Å²) in [5.74, 6) is 0.101. The monoisotopic (exact) mass is 402 g/mol. The zero-order valence-corrected chi connectivity index (χ0v) is 17.3. The average molecular weight is 403 g/mol. The minimum atomic E-state index is -3.60. The highest BCUT2D eigenvalue weighted by atomic mass is 32.2. The molecular weight excluding hydrogens is 376 g/mol. The van der Waals surface area contributed by atoms with Crippen LogP contribution in [0.25, 0.3) is 0 Å². The average Bonchev–Trinajstić information content (AvgIpc) is 2.70. The third kappa shape index (κ3) is 4.20. The number of rotatable bonds is 5. The molecule has 150 valence electrons. The summed E-state index contributed by atoms with van der Waals surface area (Å²) in [7, 11) is -2.11. The van der Waals surface area contributed by atoms with Gasteiger partial charge in [-0.2, -0.15) is 4.31 Å². The van der Waals surface area contributed by atoms with Crippen LogP contribution in [0.5, 0.6) is 5.75 Å². The first kappa shape index (κ1) is 20.4. The van der Waals surface area contributed by atoms with Gasteiger partial charge in [-0.1, -0.05) is 12.5 Å². The van der Waals surface area contributed by atoms with Crippen LogP contribution in [-0.4, -0.2) is 38.8 Å². The van der Waals surface area contributed by atoms with Crippen molar-refractivity contribution in [3.05, 3.63) is 53.1 Å². The fourth-order valence-corrected chi connectivity index (χ4v) is 4.82. The maximum absolute atomic E-state index is 12.9. The lowest BCUT2D eigenvalue weighted by atomic mass is 10.1. The predicted molar refractivity (Wildman–Crippen MR) is 109 cm³/mol. The van der Waals surface area contributed by atoms with E-state index in [2.05, 4.69) is 5.32 Å². The van der Waals surface area contributed by atoms with Crippen LogP contribution in [-0.2, 0) is 10.0 Å². The molecule has 0 saturated carbocycles. The van der Waals surface area contributed by atoms with Crippen molar-refractivity contribution in [1.29, 1.82) is 0 Å². The molecule has 1 aliphatic rings. The number of ether oxygens (including phenoxy) is 1. The molecule has 0 atom stereocenters. The Balaban J connectivity index is 1.90. The molecule has 1 N–H and O–H groups in total. The number of carbonyl (C=O) groups is 1. The van der Waals surface area contributed by atoms with E-state index in [1.807, 2.05) is 26.0 Å². The predicted octanol–water partition coefficient (Wildman–Crippen LogP) is 3.74. The number of piperidine rings is 1. The van der Waals surface area contributed by atoms with Gasteiger partial charge in [0, 0.05) is 18.7 Å². The Labute approximate surface area is 166 Å². The molecule has 0 aromatic heterocycles. The highest BCUT2D eigenvalue weighted by molar-refractivity contribution is 7.89. The first-order valence-corrected chi connectivity index (χ1v) is 10.8. The number of hydrogen-bond acceptors (Lipinski definition) is 4. The molecule has 0 bridgehead atoms. The van der Waals surface area contributed by atoms with E-state index in [0.717, 1.165) is 30.4 Å². The van der Waals surface area contributed by atoms with Crippen molar-refractivity contribution in [2.75, 3.05) is 25.5 Å². The Morgan fingerprint density at radius 1 is 1.00 bits per heavy atom. The number of aryl methyl sites for hydroxylation is 2. The molecule has 1 aliphatic heterocycles. The van der Waals surface area contributed by atoms with Crippen molar-refractivity contribution in [3.63, 3.8) is 0 Å². The second kappa shape index (κ2) is 8.32. The van der Waals surface area contributed by atoms with E-state index in [-0.39, 0.29) is 10.8 Å². The van der Waals surface area contributed by atoms with Crippen molar-refractivity contribution < 1.29 is 17.9 Å². The van der Waals surface area contributed by atoms with Crippen LogP contribution >= 0.6 is 0 Å². The summed E-state index contributed by atoms with van der Waals surface area (Å²) in [6, 6.07) is 10.0. The molecule has 1 amide bonds. The Hall–Kier alpha value is -2.38. The molecule has 28 heavy (non-hydrogen) atoms. The molecule has 3 rings (SSSR count). The molecule has 1 fully saturated rings. The summed E-state index contributed by atoms with van der Waals surface area (Å²) in [6.07, 6.45) is 2.78. The third-order valence-corrected chi connectivity index (χ3v) is 7.04. The van der Waals surface area contributed by atoms with Gasteiger partial charge in [-0.15, -0.1) is 0 Å². The van der Waals surface area contributed by atoms with E-state index in [1.165, 1.54) is 23.5 Å². The number of sulfonamides is 1. The van der Waals surface area contributed by atoms with E-state index in [9.17, 15) is 13.2 Å². The number of anilines is 1. The van der Waals surface area contributed by atoms with Gasteiger partial charge in [0.2, 0.25) is 10.0 Å². The Kier molecular flexibility index (Phi) is 6.05. The van der Waals surface area contributed by atoms with Crippen molar-refractivity contribution in [1.82, 2.24) is 4.31 Å².